The minimum atomic E-state index is -0.425. The molecule has 8 heteroatoms. The predicted molar refractivity (Wildman–Crippen MR) is 113 cm³/mol. The summed E-state index contributed by atoms with van der Waals surface area (Å²) in [5.41, 5.74) is 2.43. The first-order chi connectivity index (χ1) is 13.5. The molecule has 1 saturated heterocycles. The summed E-state index contributed by atoms with van der Waals surface area (Å²) in [7, 11) is 0. The molecule has 1 aliphatic heterocycles. The summed E-state index contributed by atoms with van der Waals surface area (Å²) < 4.78 is 0. The Morgan fingerprint density at radius 3 is 2.39 bits per heavy atom. The molecule has 1 aliphatic rings. The number of nitrogens with zero attached hydrogens (tertiary/aromatic N) is 2. The third kappa shape index (κ3) is 4.04. The number of hydrogen-bond donors (Lipinski definition) is 1. The lowest BCUT2D eigenvalue weighted by Gasteiger charge is -2.16. The average molecular weight is 432 g/mol. The third-order valence-electron chi connectivity index (χ3n) is 4.51. The first-order valence-electron chi connectivity index (χ1n) is 8.58. The van der Waals surface area contributed by atoms with Crippen molar-refractivity contribution in [2.75, 3.05) is 16.8 Å². The highest BCUT2D eigenvalue weighted by Crippen LogP contribution is 2.29. The van der Waals surface area contributed by atoms with Gasteiger partial charge in [-0.2, -0.15) is 0 Å². The number of carbonyl (C=O) groups excluding carboxylic acids is 2. The van der Waals surface area contributed by atoms with E-state index >= 15 is 0 Å². The second kappa shape index (κ2) is 7.91. The lowest BCUT2D eigenvalue weighted by atomic mass is 10.1. The Balaban J connectivity index is 1.42. The van der Waals surface area contributed by atoms with Crippen molar-refractivity contribution in [1.82, 2.24) is 4.98 Å². The van der Waals surface area contributed by atoms with Crippen LogP contribution in [-0.2, 0) is 9.59 Å². The van der Waals surface area contributed by atoms with Crippen LogP contribution in [0, 0.1) is 5.92 Å². The van der Waals surface area contributed by atoms with E-state index in [1.54, 1.807) is 41.3 Å². The molecule has 0 radical (unpaired) electrons. The Hall–Kier alpha value is -2.41. The zero-order chi connectivity index (χ0) is 19.7. The molecule has 0 bridgehead atoms. The Kier molecular flexibility index (Phi) is 5.35. The zero-order valence-electron chi connectivity index (χ0n) is 14.6. The van der Waals surface area contributed by atoms with Gasteiger partial charge in [0.2, 0.25) is 11.8 Å². The summed E-state index contributed by atoms with van der Waals surface area (Å²) in [6.45, 7) is 0.335. The van der Waals surface area contributed by atoms with Gasteiger partial charge in [-0.25, -0.2) is 4.98 Å². The average Bonchev–Trinajstić information content (AvgIpc) is 3.30. The summed E-state index contributed by atoms with van der Waals surface area (Å²) in [5.74, 6) is -0.712. The third-order valence-corrected chi connectivity index (χ3v) is 5.77. The highest BCUT2D eigenvalue weighted by atomic mass is 35.5. The number of hydrogen-bond acceptors (Lipinski definition) is 4. The van der Waals surface area contributed by atoms with Crippen molar-refractivity contribution in [3.8, 4) is 11.3 Å². The number of benzene rings is 2. The van der Waals surface area contributed by atoms with Gasteiger partial charge < -0.3 is 10.2 Å². The maximum atomic E-state index is 12.6. The lowest BCUT2D eigenvalue weighted by molar-refractivity contribution is -0.122. The van der Waals surface area contributed by atoms with Crippen LogP contribution in [0.5, 0.6) is 0 Å². The molecule has 0 aliphatic carbocycles. The maximum absolute atomic E-state index is 12.6. The highest BCUT2D eigenvalue weighted by Gasteiger charge is 2.35. The Labute approximate surface area is 175 Å². The van der Waals surface area contributed by atoms with Crippen LogP contribution in [-0.4, -0.2) is 23.3 Å². The van der Waals surface area contributed by atoms with E-state index in [-0.39, 0.29) is 18.2 Å². The zero-order valence-corrected chi connectivity index (χ0v) is 16.9. The molecule has 3 aromatic rings. The van der Waals surface area contributed by atoms with Gasteiger partial charge >= 0.3 is 0 Å². The van der Waals surface area contributed by atoms with Crippen LogP contribution >= 0.6 is 34.5 Å². The van der Waals surface area contributed by atoms with Crippen LogP contribution in [0.4, 0.5) is 10.8 Å². The molecule has 2 heterocycles. The standard InChI is InChI=1S/C20H15Cl2N3O2S/c21-14-3-1-12(2-4-14)17-11-28-20(23-17)24-19(27)13-9-18(26)25(10-13)16-7-5-15(22)6-8-16/h1-8,11,13H,9-10H2,(H,23,24,27). The van der Waals surface area contributed by atoms with Crippen molar-refractivity contribution >= 4 is 57.2 Å². The number of anilines is 2. The quantitative estimate of drug-likeness (QED) is 0.624. The molecule has 1 fully saturated rings. The molecule has 1 N–H and O–H groups in total. The van der Waals surface area contributed by atoms with Crippen molar-refractivity contribution in [1.29, 1.82) is 0 Å². The fourth-order valence-electron chi connectivity index (χ4n) is 3.05. The van der Waals surface area contributed by atoms with Crippen LogP contribution < -0.4 is 10.2 Å². The maximum Gasteiger partial charge on any atom is 0.231 e. The van der Waals surface area contributed by atoms with Crippen molar-refractivity contribution in [2.24, 2.45) is 5.92 Å². The molecule has 28 heavy (non-hydrogen) atoms. The molecular formula is C20H15Cl2N3O2S. The molecule has 0 saturated carbocycles. The van der Waals surface area contributed by atoms with Gasteiger partial charge in [0.1, 0.15) is 0 Å². The van der Waals surface area contributed by atoms with Gasteiger partial charge in [0.05, 0.1) is 11.6 Å². The Bertz CT molecular complexity index is 1020. The lowest BCUT2D eigenvalue weighted by Crippen LogP contribution is -2.28. The van der Waals surface area contributed by atoms with Gasteiger partial charge in [0.25, 0.3) is 0 Å². The predicted octanol–water partition coefficient (Wildman–Crippen LogP) is 5.11. The monoisotopic (exact) mass is 431 g/mol. The molecule has 1 aromatic heterocycles. The molecule has 0 spiro atoms. The van der Waals surface area contributed by atoms with Crippen molar-refractivity contribution < 1.29 is 9.59 Å². The number of rotatable bonds is 4. The largest absolute Gasteiger partial charge is 0.312 e. The number of carbonyl (C=O) groups is 2. The van der Waals surface area contributed by atoms with Gasteiger partial charge in [-0.1, -0.05) is 35.3 Å². The van der Waals surface area contributed by atoms with Gasteiger partial charge in [-0.15, -0.1) is 11.3 Å². The van der Waals surface area contributed by atoms with Crippen LogP contribution in [0.25, 0.3) is 11.3 Å². The summed E-state index contributed by atoms with van der Waals surface area (Å²) in [4.78, 5) is 31.0. The number of aromatic nitrogens is 1. The molecule has 4 rings (SSSR count). The van der Waals surface area contributed by atoms with E-state index in [0.29, 0.717) is 21.7 Å². The molecular weight excluding hydrogens is 417 g/mol. The van der Waals surface area contributed by atoms with E-state index in [1.165, 1.54) is 11.3 Å². The van der Waals surface area contributed by atoms with Crippen molar-refractivity contribution in [3.63, 3.8) is 0 Å². The second-order valence-electron chi connectivity index (χ2n) is 6.42. The van der Waals surface area contributed by atoms with E-state index in [9.17, 15) is 9.59 Å². The van der Waals surface area contributed by atoms with E-state index < -0.39 is 5.92 Å². The fraction of sp³-hybridized carbons (Fsp3) is 0.150. The van der Waals surface area contributed by atoms with Gasteiger partial charge in [-0.3, -0.25) is 9.59 Å². The number of nitrogens with one attached hydrogen (secondary N) is 1. The molecule has 2 amide bonds. The summed E-state index contributed by atoms with van der Waals surface area (Å²) in [6, 6.07) is 14.4. The minimum absolute atomic E-state index is 0.0801. The fourth-order valence-corrected chi connectivity index (χ4v) is 4.02. The number of halogens is 2. The normalized spacial score (nSPS) is 16.4. The first kappa shape index (κ1) is 18.9. The van der Waals surface area contributed by atoms with Gasteiger partial charge in [0.15, 0.2) is 5.13 Å². The number of thiazole rings is 1. The second-order valence-corrected chi connectivity index (χ2v) is 8.15. The Morgan fingerprint density at radius 1 is 1.07 bits per heavy atom. The van der Waals surface area contributed by atoms with Crippen molar-refractivity contribution in [3.05, 3.63) is 64.0 Å². The van der Waals surface area contributed by atoms with Crippen LogP contribution in [0.1, 0.15) is 6.42 Å². The van der Waals surface area contributed by atoms with Gasteiger partial charge in [0, 0.05) is 39.6 Å². The van der Waals surface area contributed by atoms with Crippen molar-refractivity contribution in [2.45, 2.75) is 6.42 Å². The first-order valence-corrected chi connectivity index (χ1v) is 10.2. The molecule has 1 atom stereocenters. The van der Waals surface area contributed by atoms with E-state index in [1.807, 2.05) is 17.5 Å². The number of amides is 2. The molecule has 5 nitrogen and oxygen atoms in total. The topological polar surface area (TPSA) is 62.3 Å². The molecule has 142 valence electrons. The van der Waals surface area contributed by atoms with E-state index in [4.69, 9.17) is 23.2 Å². The van der Waals surface area contributed by atoms with Crippen LogP contribution in [0.15, 0.2) is 53.9 Å². The van der Waals surface area contributed by atoms with Crippen LogP contribution in [0.2, 0.25) is 10.0 Å². The van der Waals surface area contributed by atoms with E-state index in [2.05, 4.69) is 10.3 Å². The Morgan fingerprint density at radius 2 is 1.71 bits per heavy atom. The van der Waals surface area contributed by atoms with Gasteiger partial charge in [-0.05, 0) is 36.4 Å². The molecule has 1 unspecified atom stereocenters. The van der Waals surface area contributed by atoms with Crippen LogP contribution in [0.3, 0.4) is 0 Å². The smallest absolute Gasteiger partial charge is 0.231 e. The minimum Gasteiger partial charge on any atom is -0.312 e. The van der Waals surface area contributed by atoms with E-state index in [0.717, 1.165) is 16.9 Å². The molecule has 2 aromatic carbocycles. The highest BCUT2D eigenvalue weighted by molar-refractivity contribution is 7.14. The SMILES string of the molecule is O=C(Nc1nc(-c2ccc(Cl)cc2)cs1)C1CC(=O)N(c2ccc(Cl)cc2)C1. The summed E-state index contributed by atoms with van der Waals surface area (Å²) in [5, 5.41) is 6.47. The summed E-state index contributed by atoms with van der Waals surface area (Å²) >= 11 is 13.2. The summed E-state index contributed by atoms with van der Waals surface area (Å²) in [6.07, 6.45) is 0.171.